The van der Waals surface area contributed by atoms with E-state index in [0.717, 1.165) is 136 Å². The smallest absolute Gasteiger partial charge is 0.252 e. The minimum absolute atomic E-state index is 0.119. The summed E-state index contributed by atoms with van der Waals surface area (Å²) in [4.78, 5) is 31.5. The summed E-state index contributed by atoms with van der Waals surface area (Å²) in [6.45, 7) is 69.8. The van der Waals surface area contributed by atoms with E-state index in [2.05, 4.69) is 477 Å². The molecule has 654 valence electrons. The maximum atomic E-state index is 5.98. The molecule has 0 saturated carbocycles. The van der Waals surface area contributed by atoms with Gasteiger partial charge in [0, 0.05) is 117 Å². The van der Waals surface area contributed by atoms with Crippen LogP contribution in [0.4, 0.5) is 51.2 Å². The first-order chi connectivity index (χ1) is 60.3. The van der Waals surface area contributed by atoms with E-state index in [1.54, 1.807) is 0 Å². The number of benzene rings is 10. The first-order valence-corrected chi connectivity index (χ1v) is 47.0. The largest absolute Gasteiger partial charge is 0.310 e. The van der Waals surface area contributed by atoms with Gasteiger partial charge in [0.15, 0.2) is 0 Å². The van der Waals surface area contributed by atoms with Crippen LogP contribution in [0.15, 0.2) is 255 Å². The zero-order valence-electron chi connectivity index (χ0n) is 82.5. The zero-order valence-corrected chi connectivity index (χ0v) is 82.5. The molecule has 1 aliphatic carbocycles. The highest BCUT2D eigenvalue weighted by Crippen LogP contribution is 2.65. The van der Waals surface area contributed by atoms with Gasteiger partial charge >= 0.3 is 0 Å². The molecule has 0 fully saturated rings. The van der Waals surface area contributed by atoms with Gasteiger partial charge in [0.2, 0.25) is 0 Å². The molecule has 7 nitrogen and oxygen atoms in total. The number of pyridine rings is 4. The SMILES string of the molecule is CC(C)(C)c1cccc(-c2ccc3c(c2)B2c4ccc(N5c6ccccc6C6(c7ccccc7-c7ccccc76)c6ccccc65)cc4N(c4c(-c5cccc(C(C)(C)C)n5)cc(C(C)(C)C)cc4-c4cccc(C(C)(C)C)n4)c4cc(C(C)(C)C)cc(c42)N3c2c(-c3cc(C(C)(C)C)nc(C(C)(C)C)c3)cc(C(C)(C)C)cc2-c2cc(C(C)(C)C)nc(C(C)(C)C)c2)c1. The summed E-state index contributed by atoms with van der Waals surface area (Å²) in [5.41, 5.74) is 39.1. The molecule has 4 aromatic heterocycles. The van der Waals surface area contributed by atoms with E-state index >= 15 is 0 Å². The summed E-state index contributed by atoms with van der Waals surface area (Å²) < 4.78 is 0. The molecule has 8 heteroatoms. The molecule has 0 radical (unpaired) electrons. The standard InChI is InChI=1S/C121H132BN7/c1-111(2,3)77-43-39-42-73(60-77)74-56-59-98-93(61-74)122-92-58-57-81(127-96-52-37-35-48-90(96)121(91-49-36-38-53-97(91)127)88-46-33-31-44-82(88)83-45-32-34-47-89(83)121)72-99(92)129(110-86(94-50-40-54-102(123-94)115(13,14)15)68-79(113(7,8)9)69-87(110)95-51-41-55-103(124-95)116(16,17)18)101-71-80(114(10,11)12)70-100(108(101)122)128(98)109-84(75-62-104(117(19,20)21)125-105(63-75)118(22,23)24)66-78(112(4,5)6)67-85(109)76-64-106(119(25,26)27)126-107(65-76)120(28,29)30/h31-72H,1-30H3. The molecule has 0 N–H and O–H groups in total. The summed E-state index contributed by atoms with van der Waals surface area (Å²) in [6, 6.07) is 100. The van der Waals surface area contributed by atoms with E-state index < -0.39 is 10.8 Å². The molecule has 0 bridgehead atoms. The van der Waals surface area contributed by atoms with Crippen LogP contribution >= 0.6 is 0 Å². The van der Waals surface area contributed by atoms with Crippen molar-refractivity contribution in [3.05, 3.63) is 333 Å². The quantitative estimate of drug-likeness (QED) is 0.141. The van der Waals surface area contributed by atoms with E-state index in [4.69, 9.17) is 19.9 Å². The average Bonchev–Trinajstić information content (AvgIpc) is 1.62. The second-order valence-electron chi connectivity index (χ2n) is 47.7. The minimum Gasteiger partial charge on any atom is -0.310 e. The Balaban J connectivity index is 1.06. The van der Waals surface area contributed by atoms with Crippen molar-refractivity contribution in [1.29, 1.82) is 0 Å². The molecule has 10 aromatic carbocycles. The van der Waals surface area contributed by atoms with Crippen LogP contribution in [0.3, 0.4) is 0 Å². The Morgan fingerprint density at radius 1 is 0.217 bits per heavy atom. The van der Waals surface area contributed by atoms with Gasteiger partial charge in [-0.15, -0.1) is 0 Å². The van der Waals surface area contributed by atoms with Gasteiger partial charge in [0.25, 0.3) is 6.71 Å². The molecule has 0 amide bonds. The van der Waals surface area contributed by atoms with Crippen LogP contribution in [0.25, 0.3) is 67.0 Å². The van der Waals surface area contributed by atoms with Crippen LogP contribution in [0.1, 0.15) is 286 Å². The molecule has 7 heterocycles. The van der Waals surface area contributed by atoms with E-state index in [1.807, 2.05) is 0 Å². The molecule has 1 spiro atoms. The number of aromatic nitrogens is 4. The molecule has 0 atom stereocenters. The zero-order chi connectivity index (χ0) is 92.3. The molecule has 4 aliphatic rings. The number of rotatable bonds is 8. The lowest BCUT2D eigenvalue weighted by atomic mass is 9.33. The molecule has 18 rings (SSSR count). The minimum atomic E-state index is -0.630. The number of hydrogen-bond donors (Lipinski definition) is 0. The van der Waals surface area contributed by atoms with Crippen molar-refractivity contribution in [3.8, 4) is 67.0 Å². The van der Waals surface area contributed by atoms with Crippen LogP contribution in [-0.4, -0.2) is 26.6 Å². The van der Waals surface area contributed by atoms with Crippen molar-refractivity contribution in [3.63, 3.8) is 0 Å². The molecule has 14 aromatic rings. The van der Waals surface area contributed by atoms with E-state index in [0.29, 0.717) is 0 Å². The first kappa shape index (κ1) is 87.9. The summed E-state index contributed by atoms with van der Waals surface area (Å²) >= 11 is 0. The van der Waals surface area contributed by atoms with Crippen molar-refractivity contribution in [2.24, 2.45) is 0 Å². The van der Waals surface area contributed by atoms with Gasteiger partial charge in [-0.05, 0) is 231 Å². The highest BCUT2D eigenvalue weighted by atomic mass is 15.2. The van der Waals surface area contributed by atoms with Gasteiger partial charge in [0.1, 0.15) is 0 Å². The predicted molar refractivity (Wildman–Crippen MR) is 551 cm³/mol. The van der Waals surface area contributed by atoms with Crippen molar-refractivity contribution < 1.29 is 0 Å². The van der Waals surface area contributed by atoms with Crippen LogP contribution in [-0.2, 0) is 59.6 Å². The Bertz CT molecular complexity index is 6540. The van der Waals surface area contributed by atoms with Crippen LogP contribution in [0, 0.1) is 0 Å². The van der Waals surface area contributed by atoms with Crippen molar-refractivity contribution in [2.75, 3.05) is 14.7 Å². The highest BCUT2D eigenvalue weighted by molar-refractivity contribution is 7.00. The van der Waals surface area contributed by atoms with Crippen molar-refractivity contribution in [2.45, 2.75) is 267 Å². The van der Waals surface area contributed by atoms with Gasteiger partial charge in [0.05, 0.1) is 39.6 Å². The molecule has 0 saturated heterocycles. The Morgan fingerprint density at radius 3 is 1.02 bits per heavy atom. The fourth-order valence-electron chi connectivity index (χ4n) is 20.1. The Kier molecular flexibility index (Phi) is 20.6. The van der Waals surface area contributed by atoms with Crippen molar-refractivity contribution in [1.82, 2.24) is 19.9 Å². The van der Waals surface area contributed by atoms with E-state index in [1.165, 1.54) is 77.6 Å². The molecule has 3 aliphatic heterocycles. The Hall–Kier alpha value is -11.7. The second-order valence-corrected chi connectivity index (χ2v) is 47.7. The van der Waals surface area contributed by atoms with Gasteiger partial charge in [-0.25, -0.2) is 0 Å². The Labute approximate surface area is 771 Å². The lowest BCUT2D eigenvalue weighted by Crippen LogP contribution is -2.61. The van der Waals surface area contributed by atoms with Crippen LogP contribution < -0.4 is 31.1 Å². The monoisotopic (exact) mass is 1690 g/mol. The van der Waals surface area contributed by atoms with E-state index in [9.17, 15) is 0 Å². The molecule has 129 heavy (non-hydrogen) atoms. The number of para-hydroxylation sites is 2. The fourth-order valence-corrected chi connectivity index (χ4v) is 20.1. The third-order valence-corrected chi connectivity index (χ3v) is 27.6. The van der Waals surface area contributed by atoms with E-state index in [-0.39, 0.29) is 55.4 Å². The maximum Gasteiger partial charge on any atom is 0.252 e. The normalized spacial score (nSPS) is 14.4. The van der Waals surface area contributed by atoms with Crippen LogP contribution in [0.5, 0.6) is 0 Å². The lowest BCUT2D eigenvalue weighted by molar-refractivity contribution is 0.531. The topological polar surface area (TPSA) is 61.3 Å². The Morgan fingerprint density at radius 2 is 0.589 bits per heavy atom. The third kappa shape index (κ3) is 15.2. The molecule has 0 unspecified atom stereocenters. The lowest BCUT2D eigenvalue weighted by Gasteiger charge is -2.47. The molecular weight excluding hydrogens is 1560 g/mol. The van der Waals surface area contributed by atoms with Gasteiger partial charge in [-0.3, -0.25) is 19.9 Å². The third-order valence-electron chi connectivity index (χ3n) is 27.6. The number of hydrogen-bond acceptors (Lipinski definition) is 7. The number of nitrogens with zero attached hydrogens (tertiary/aromatic N) is 7. The van der Waals surface area contributed by atoms with Crippen LogP contribution in [0.2, 0.25) is 0 Å². The second kappa shape index (κ2) is 30.2. The number of anilines is 9. The predicted octanol–water partition coefficient (Wildman–Crippen LogP) is 30.8. The van der Waals surface area contributed by atoms with Gasteiger partial charge in [-0.2, -0.15) is 0 Å². The summed E-state index contributed by atoms with van der Waals surface area (Å²) in [6.07, 6.45) is 0. The van der Waals surface area contributed by atoms with Gasteiger partial charge in [-0.1, -0.05) is 347 Å². The number of fused-ring (bicyclic) bond motifs is 13. The van der Waals surface area contributed by atoms with Crippen molar-refractivity contribution >= 4 is 74.3 Å². The molecular formula is C121H132BN7. The van der Waals surface area contributed by atoms with Gasteiger partial charge < -0.3 is 14.7 Å². The maximum absolute atomic E-state index is 5.98. The summed E-state index contributed by atoms with van der Waals surface area (Å²) in [5, 5.41) is 0. The summed E-state index contributed by atoms with van der Waals surface area (Å²) in [5.74, 6) is 0. The average molecular weight is 1700 g/mol. The summed E-state index contributed by atoms with van der Waals surface area (Å²) in [7, 11) is 0. The fraction of sp³-hybridized carbons (Fsp3) is 0.339. The highest BCUT2D eigenvalue weighted by Gasteiger charge is 2.53. The first-order valence-electron chi connectivity index (χ1n) is 47.0.